The van der Waals surface area contributed by atoms with Gasteiger partial charge in [0.15, 0.2) is 11.2 Å². The number of hydrogen-bond acceptors (Lipinski definition) is 7. The van der Waals surface area contributed by atoms with E-state index in [1.807, 2.05) is 60.7 Å². The highest BCUT2D eigenvalue weighted by atomic mass is 32.1. The molecule has 178 valence electrons. The van der Waals surface area contributed by atoms with Crippen molar-refractivity contribution in [2.75, 3.05) is 5.32 Å². The Hall–Kier alpha value is -4.43. The number of hydrogen-bond donors (Lipinski definition) is 1. The molecule has 1 N–H and O–H groups in total. The van der Waals surface area contributed by atoms with Crippen LogP contribution >= 0.6 is 11.3 Å². The molecular formula is C28H22N4O3S. The van der Waals surface area contributed by atoms with Crippen LogP contribution in [0.4, 0.5) is 5.13 Å². The number of anilines is 1. The molecule has 0 bridgehead atoms. The number of rotatable bonds is 7. The van der Waals surface area contributed by atoms with Gasteiger partial charge in [0.1, 0.15) is 0 Å². The number of esters is 1. The van der Waals surface area contributed by atoms with Crippen LogP contribution in [0.15, 0.2) is 90.4 Å². The normalized spacial score (nSPS) is 11.7. The van der Waals surface area contributed by atoms with E-state index in [0.717, 1.165) is 16.8 Å². The van der Waals surface area contributed by atoms with Gasteiger partial charge in [0.2, 0.25) is 0 Å². The van der Waals surface area contributed by atoms with Crippen LogP contribution in [0.5, 0.6) is 0 Å². The van der Waals surface area contributed by atoms with Gasteiger partial charge in [-0.25, -0.2) is 19.7 Å². The molecule has 2 heterocycles. The van der Waals surface area contributed by atoms with Crippen LogP contribution in [0.3, 0.4) is 0 Å². The van der Waals surface area contributed by atoms with Crippen molar-refractivity contribution in [2.45, 2.75) is 19.4 Å². The second kappa shape index (κ2) is 10.5. The van der Waals surface area contributed by atoms with Crippen LogP contribution in [-0.4, -0.2) is 32.9 Å². The predicted octanol–water partition coefficient (Wildman–Crippen LogP) is 5.99. The van der Waals surface area contributed by atoms with Gasteiger partial charge >= 0.3 is 5.97 Å². The van der Waals surface area contributed by atoms with E-state index in [9.17, 15) is 9.59 Å². The Kier molecular flexibility index (Phi) is 6.77. The van der Waals surface area contributed by atoms with E-state index in [1.165, 1.54) is 11.3 Å². The fraction of sp³-hybridized carbons (Fsp3) is 0.107. The van der Waals surface area contributed by atoms with Crippen LogP contribution in [0.2, 0.25) is 0 Å². The summed E-state index contributed by atoms with van der Waals surface area (Å²) in [6.45, 7) is 1.78. The maximum Gasteiger partial charge on any atom is 0.338 e. The molecule has 3 aromatic carbocycles. The van der Waals surface area contributed by atoms with Crippen LogP contribution in [0, 0.1) is 0 Å². The third-order valence-electron chi connectivity index (χ3n) is 5.57. The van der Waals surface area contributed by atoms with E-state index in [-0.39, 0.29) is 0 Å². The van der Waals surface area contributed by atoms with E-state index < -0.39 is 18.0 Å². The van der Waals surface area contributed by atoms with Crippen molar-refractivity contribution in [1.29, 1.82) is 0 Å². The predicted molar refractivity (Wildman–Crippen MR) is 141 cm³/mol. The second-order valence-electron chi connectivity index (χ2n) is 7.99. The van der Waals surface area contributed by atoms with Gasteiger partial charge in [-0.1, -0.05) is 67.6 Å². The Labute approximate surface area is 211 Å². The highest BCUT2D eigenvalue weighted by Gasteiger charge is 2.23. The van der Waals surface area contributed by atoms with Crippen LogP contribution in [0.1, 0.15) is 23.7 Å². The van der Waals surface area contributed by atoms with Gasteiger partial charge in [-0.3, -0.25) is 10.1 Å². The molecule has 0 saturated heterocycles. The van der Waals surface area contributed by atoms with Crippen molar-refractivity contribution >= 4 is 39.4 Å². The first-order valence-electron chi connectivity index (χ1n) is 11.5. The number of thiazole rings is 1. The standard InChI is InChI=1S/C28H22N4O3S/c1-2-23(26(33)32-28-29-15-16-36-28)35-27(34)20-13-14-21-22(17-20)31-25(19-11-7-4-8-12-19)24(30-21)18-9-5-3-6-10-18/h3-17,23H,2H2,1H3,(H,29,32,33). The van der Waals surface area contributed by atoms with Crippen molar-refractivity contribution in [1.82, 2.24) is 15.0 Å². The highest BCUT2D eigenvalue weighted by molar-refractivity contribution is 7.13. The van der Waals surface area contributed by atoms with E-state index >= 15 is 0 Å². The molecule has 0 aliphatic carbocycles. The number of carbonyl (C=O) groups is 2. The molecule has 0 aliphatic rings. The fourth-order valence-corrected chi connectivity index (χ4v) is 4.30. The lowest BCUT2D eigenvalue weighted by Gasteiger charge is -2.15. The monoisotopic (exact) mass is 494 g/mol. The third kappa shape index (κ3) is 4.99. The van der Waals surface area contributed by atoms with E-state index in [2.05, 4.69) is 10.3 Å². The Bertz CT molecular complexity index is 1510. The van der Waals surface area contributed by atoms with Crippen LogP contribution in [-0.2, 0) is 9.53 Å². The summed E-state index contributed by atoms with van der Waals surface area (Å²) in [7, 11) is 0. The molecule has 7 nitrogen and oxygen atoms in total. The van der Waals surface area contributed by atoms with Gasteiger partial charge in [0, 0.05) is 22.7 Å². The molecule has 2 aromatic heterocycles. The lowest BCUT2D eigenvalue weighted by molar-refractivity contribution is -0.124. The van der Waals surface area contributed by atoms with E-state index in [0.29, 0.717) is 33.8 Å². The zero-order valence-electron chi connectivity index (χ0n) is 19.4. The minimum absolute atomic E-state index is 0.295. The number of ether oxygens (including phenoxy) is 1. The first-order chi connectivity index (χ1) is 17.6. The summed E-state index contributed by atoms with van der Waals surface area (Å²) in [4.78, 5) is 39.3. The Morgan fingerprint density at radius 2 is 1.53 bits per heavy atom. The first kappa shape index (κ1) is 23.3. The largest absolute Gasteiger partial charge is 0.449 e. The van der Waals surface area contributed by atoms with Crippen molar-refractivity contribution < 1.29 is 14.3 Å². The number of amides is 1. The fourth-order valence-electron chi connectivity index (χ4n) is 3.77. The zero-order chi connectivity index (χ0) is 24.9. The smallest absolute Gasteiger partial charge is 0.338 e. The molecule has 5 rings (SSSR count). The lowest BCUT2D eigenvalue weighted by Crippen LogP contribution is -2.32. The molecule has 1 unspecified atom stereocenters. The topological polar surface area (TPSA) is 94.1 Å². The molecule has 1 atom stereocenters. The molecule has 5 aromatic rings. The Morgan fingerprint density at radius 3 is 2.11 bits per heavy atom. The molecule has 36 heavy (non-hydrogen) atoms. The average molecular weight is 495 g/mol. The second-order valence-corrected chi connectivity index (χ2v) is 8.88. The summed E-state index contributed by atoms with van der Waals surface area (Å²) in [5.74, 6) is -1.02. The molecule has 0 fully saturated rings. The van der Waals surface area contributed by atoms with E-state index in [1.54, 1.807) is 36.7 Å². The molecule has 0 radical (unpaired) electrons. The quantitative estimate of drug-likeness (QED) is 0.279. The molecule has 1 amide bonds. The molecule has 0 saturated carbocycles. The van der Waals surface area contributed by atoms with Crippen molar-refractivity contribution in [3.05, 3.63) is 96.0 Å². The highest BCUT2D eigenvalue weighted by Crippen LogP contribution is 2.31. The number of carbonyl (C=O) groups excluding carboxylic acids is 2. The van der Waals surface area contributed by atoms with Gasteiger partial charge in [0.05, 0.1) is 28.0 Å². The maximum atomic E-state index is 12.9. The summed E-state index contributed by atoms with van der Waals surface area (Å²) >= 11 is 1.30. The number of fused-ring (bicyclic) bond motifs is 1. The molecule has 0 spiro atoms. The summed E-state index contributed by atoms with van der Waals surface area (Å²) in [6.07, 6.45) is 0.981. The van der Waals surface area contributed by atoms with Crippen LogP contribution in [0.25, 0.3) is 33.5 Å². The van der Waals surface area contributed by atoms with Gasteiger partial charge in [0.25, 0.3) is 5.91 Å². The Morgan fingerprint density at radius 1 is 0.889 bits per heavy atom. The van der Waals surface area contributed by atoms with Crippen molar-refractivity contribution in [3.8, 4) is 22.5 Å². The first-order valence-corrected chi connectivity index (χ1v) is 12.3. The summed E-state index contributed by atoms with van der Waals surface area (Å²) in [5.41, 5.74) is 4.85. The average Bonchev–Trinajstić information content (AvgIpc) is 3.44. The van der Waals surface area contributed by atoms with E-state index in [4.69, 9.17) is 14.7 Å². The van der Waals surface area contributed by atoms with Gasteiger partial charge < -0.3 is 4.74 Å². The zero-order valence-corrected chi connectivity index (χ0v) is 20.2. The maximum absolute atomic E-state index is 12.9. The van der Waals surface area contributed by atoms with Gasteiger partial charge in [-0.15, -0.1) is 11.3 Å². The molecule has 0 aliphatic heterocycles. The van der Waals surface area contributed by atoms with Crippen molar-refractivity contribution in [2.24, 2.45) is 0 Å². The number of nitrogens with zero attached hydrogens (tertiary/aromatic N) is 3. The number of nitrogens with one attached hydrogen (secondary N) is 1. The number of aromatic nitrogens is 3. The number of benzene rings is 3. The summed E-state index contributed by atoms with van der Waals surface area (Å²) in [6, 6.07) is 24.7. The minimum atomic E-state index is -0.941. The minimum Gasteiger partial charge on any atom is -0.449 e. The lowest BCUT2D eigenvalue weighted by atomic mass is 10.0. The van der Waals surface area contributed by atoms with Crippen molar-refractivity contribution in [3.63, 3.8) is 0 Å². The van der Waals surface area contributed by atoms with Gasteiger partial charge in [-0.2, -0.15) is 0 Å². The van der Waals surface area contributed by atoms with Gasteiger partial charge in [-0.05, 0) is 24.6 Å². The summed E-state index contributed by atoms with van der Waals surface area (Å²) in [5, 5.41) is 4.89. The third-order valence-corrected chi connectivity index (χ3v) is 6.26. The van der Waals surface area contributed by atoms with Crippen LogP contribution < -0.4 is 5.32 Å². The Balaban J connectivity index is 1.47. The molecule has 8 heteroatoms. The molecular weight excluding hydrogens is 472 g/mol. The SMILES string of the molecule is CCC(OC(=O)c1ccc2nc(-c3ccccc3)c(-c3ccccc3)nc2c1)C(=O)Nc1nccs1. The summed E-state index contributed by atoms with van der Waals surface area (Å²) < 4.78 is 5.53.